The highest BCUT2D eigenvalue weighted by molar-refractivity contribution is 7.99. The van der Waals surface area contributed by atoms with Crippen molar-refractivity contribution >= 4 is 23.1 Å². The molecular formula is C13H18N4S2. The second-order valence-electron chi connectivity index (χ2n) is 4.18. The number of thiazole rings is 1. The minimum absolute atomic E-state index is 0.506. The van der Waals surface area contributed by atoms with Crippen LogP contribution >= 0.6 is 23.1 Å². The molecule has 2 aromatic rings. The fourth-order valence-corrected chi connectivity index (χ4v) is 3.03. The molecule has 0 saturated heterocycles. The molecule has 0 aromatic carbocycles. The van der Waals surface area contributed by atoms with Crippen LogP contribution in [0.3, 0.4) is 0 Å². The van der Waals surface area contributed by atoms with E-state index in [2.05, 4.69) is 39.5 Å². The van der Waals surface area contributed by atoms with Crippen molar-refractivity contribution in [3.05, 3.63) is 29.7 Å². The van der Waals surface area contributed by atoms with Gasteiger partial charge in [0.2, 0.25) is 0 Å². The zero-order valence-electron chi connectivity index (χ0n) is 11.2. The third-order valence-corrected chi connectivity index (χ3v) is 4.60. The third-order valence-electron chi connectivity index (χ3n) is 2.54. The van der Waals surface area contributed by atoms with E-state index >= 15 is 0 Å². The monoisotopic (exact) mass is 294 g/mol. The van der Waals surface area contributed by atoms with Crippen molar-refractivity contribution in [1.82, 2.24) is 20.3 Å². The van der Waals surface area contributed by atoms with Gasteiger partial charge in [-0.15, -0.1) is 11.3 Å². The van der Waals surface area contributed by atoms with Gasteiger partial charge in [0.05, 0.1) is 11.9 Å². The Morgan fingerprint density at radius 1 is 1.42 bits per heavy atom. The summed E-state index contributed by atoms with van der Waals surface area (Å²) in [5, 5.41) is 6.50. The van der Waals surface area contributed by atoms with Gasteiger partial charge in [0.25, 0.3) is 0 Å². The molecule has 0 aliphatic carbocycles. The minimum Gasteiger partial charge on any atom is -0.308 e. The molecule has 2 rings (SSSR count). The zero-order valence-corrected chi connectivity index (χ0v) is 12.8. The summed E-state index contributed by atoms with van der Waals surface area (Å²) in [4.78, 5) is 12.9. The highest BCUT2D eigenvalue weighted by atomic mass is 32.2. The normalized spacial score (nSPS) is 12.5. The van der Waals surface area contributed by atoms with Crippen LogP contribution in [0.4, 0.5) is 0 Å². The summed E-state index contributed by atoms with van der Waals surface area (Å²) in [6, 6.07) is 0.506. The van der Waals surface area contributed by atoms with Crippen LogP contribution in [-0.4, -0.2) is 32.5 Å². The topological polar surface area (TPSA) is 50.7 Å². The van der Waals surface area contributed by atoms with Gasteiger partial charge in [-0.25, -0.2) is 4.98 Å². The number of nitrogens with zero attached hydrogens (tertiary/aromatic N) is 3. The van der Waals surface area contributed by atoms with Crippen molar-refractivity contribution in [3.8, 4) is 10.7 Å². The lowest BCUT2D eigenvalue weighted by atomic mass is 10.3. The van der Waals surface area contributed by atoms with Gasteiger partial charge >= 0.3 is 0 Å². The van der Waals surface area contributed by atoms with Gasteiger partial charge in [-0.3, -0.25) is 9.97 Å². The van der Waals surface area contributed by atoms with E-state index in [4.69, 9.17) is 0 Å². The molecule has 2 heterocycles. The zero-order chi connectivity index (χ0) is 13.5. The van der Waals surface area contributed by atoms with E-state index in [0.717, 1.165) is 28.7 Å². The number of rotatable bonds is 7. The van der Waals surface area contributed by atoms with E-state index < -0.39 is 0 Å². The number of thioether (sulfide) groups is 1. The summed E-state index contributed by atoms with van der Waals surface area (Å²) in [6.45, 7) is 5.20. The maximum absolute atomic E-state index is 4.58. The van der Waals surface area contributed by atoms with Crippen LogP contribution in [0.25, 0.3) is 10.7 Å². The summed E-state index contributed by atoms with van der Waals surface area (Å²) >= 11 is 3.57. The molecular weight excluding hydrogens is 276 g/mol. The Morgan fingerprint density at radius 2 is 2.32 bits per heavy atom. The van der Waals surface area contributed by atoms with Gasteiger partial charge in [0.1, 0.15) is 10.7 Å². The van der Waals surface area contributed by atoms with Crippen LogP contribution in [0.5, 0.6) is 0 Å². The largest absolute Gasteiger partial charge is 0.308 e. The molecule has 0 unspecified atom stereocenters. The molecule has 0 fully saturated rings. The van der Waals surface area contributed by atoms with Gasteiger partial charge in [0, 0.05) is 36.1 Å². The molecule has 0 amide bonds. The van der Waals surface area contributed by atoms with Crippen LogP contribution < -0.4 is 5.32 Å². The average molecular weight is 294 g/mol. The van der Waals surface area contributed by atoms with Crippen molar-refractivity contribution < 1.29 is 0 Å². The van der Waals surface area contributed by atoms with Crippen LogP contribution in [0.1, 0.15) is 19.5 Å². The lowest BCUT2D eigenvalue weighted by Crippen LogP contribution is -2.27. The molecule has 19 heavy (non-hydrogen) atoms. The molecule has 1 N–H and O–H groups in total. The number of hydrogen-bond donors (Lipinski definition) is 1. The molecule has 0 radical (unpaired) electrons. The maximum Gasteiger partial charge on any atom is 0.143 e. The molecule has 0 aliphatic rings. The Hall–Kier alpha value is -0.980. The van der Waals surface area contributed by atoms with Crippen LogP contribution in [-0.2, 0) is 6.54 Å². The lowest BCUT2D eigenvalue weighted by Gasteiger charge is -2.11. The Morgan fingerprint density at radius 3 is 3.05 bits per heavy atom. The molecule has 2 aromatic heterocycles. The summed E-state index contributed by atoms with van der Waals surface area (Å²) in [6.07, 6.45) is 5.11. The molecule has 6 heteroatoms. The van der Waals surface area contributed by atoms with Gasteiger partial charge in [-0.05, 0) is 12.7 Å². The molecule has 4 nitrogen and oxygen atoms in total. The molecule has 0 saturated carbocycles. The van der Waals surface area contributed by atoms with Gasteiger partial charge in [-0.1, -0.05) is 6.92 Å². The highest BCUT2D eigenvalue weighted by Crippen LogP contribution is 2.20. The Labute approximate surface area is 122 Å². The highest BCUT2D eigenvalue weighted by Gasteiger charge is 2.07. The first-order chi connectivity index (χ1) is 9.29. The van der Waals surface area contributed by atoms with Crippen molar-refractivity contribution in [3.63, 3.8) is 0 Å². The van der Waals surface area contributed by atoms with Gasteiger partial charge < -0.3 is 5.32 Å². The van der Waals surface area contributed by atoms with Crippen molar-refractivity contribution in [2.45, 2.75) is 26.4 Å². The first kappa shape index (κ1) is 14.4. The number of hydrogen-bond acceptors (Lipinski definition) is 6. The average Bonchev–Trinajstić information content (AvgIpc) is 2.93. The van der Waals surface area contributed by atoms with E-state index in [9.17, 15) is 0 Å². The summed E-state index contributed by atoms with van der Waals surface area (Å²) < 4.78 is 0. The van der Waals surface area contributed by atoms with E-state index in [1.165, 1.54) is 5.75 Å². The summed E-state index contributed by atoms with van der Waals surface area (Å²) in [5.41, 5.74) is 1.91. The summed E-state index contributed by atoms with van der Waals surface area (Å²) in [7, 11) is 0. The second-order valence-corrected chi connectivity index (χ2v) is 6.35. The van der Waals surface area contributed by atoms with Crippen molar-refractivity contribution in [2.75, 3.05) is 11.5 Å². The van der Waals surface area contributed by atoms with Crippen molar-refractivity contribution in [2.24, 2.45) is 0 Å². The van der Waals surface area contributed by atoms with E-state index in [0.29, 0.717) is 6.04 Å². The predicted molar refractivity (Wildman–Crippen MR) is 82.4 cm³/mol. The van der Waals surface area contributed by atoms with Crippen molar-refractivity contribution in [1.29, 1.82) is 0 Å². The van der Waals surface area contributed by atoms with Gasteiger partial charge in [0.15, 0.2) is 0 Å². The Kier molecular flexibility index (Phi) is 5.75. The first-order valence-electron chi connectivity index (χ1n) is 6.31. The lowest BCUT2D eigenvalue weighted by molar-refractivity contribution is 0.590. The van der Waals surface area contributed by atoms with Crippen LogP contribution in [0, 0.1) is 0 Å². The molecule has 102 valence electrons. The number of aromatic nitrogens is 3. The number of nitrogens with one attached hydrogen (secondary N) is 1. The Balaban J connectivity index is 1.88. The van der Waals surface area contributed by atoms with Crippen LogP contribution in [0.15, 0.2) is 24.0 Å². The predicted octanol–water partition coefficient (Wildman–Crippen LogP) is 2.83. The molecule has 0 bridgehead atoms. The van der Waals surface area contributed by atoms with E-state index in [-0.39, 0.29) is 0 Å². The Bertz CT molecular complexity index is 486. The first-order valence-corrected chi connectivity index (χ1v) is 8.35. The van der Waals surface area contributed by atoms with E-state index in [1.54, 1.807) is 29.9 Å². The smallest absolute Gasteiger partial charge is 0.143 e. The third kappa shape index (κ3) is 4.56. The quantitative estimate of drug-likeness (QED) is 0.851. The SMILES string of the molecule is CCSC[C@H](C)NCc1csc(-c2cnccn2)n1. The maximum atomic E-state index is 4.58. The minimum atomic E-state index is 0.506. The fraction of sp³-hybridized carbons (Fsp3) is 0.462. The molecule has 0 spiro atoms. The fourth-order valence-electron chi connectivity index (χ4n) is 1.55. The van der Waals surface area contributed by atoms with Crippen LogP contribution in [0.2, 0.25) is 0 Å². The molecule has 0 aliphatic heterocycles. The summed E-state index contributed by atoms with van der Waals surface area (Å²) in [5.74, 6) is 2.30. The van der Waals surface area contributed by atoms with E-state index in [1.807, 2.05) is 11.8 Å². The standard InChI is InChI=1S/C13H18N4S2/c1-3-18-8-10(2)16-6-11-9-19-13(17-11)12-7-14-4-5-15-12/h4-5,7,9-10,16H,3,6,8H2,1-2H3/t10-/m0/s1. The second kappa shape index (κ2) is 7.57. The molecule has 1 atom stereocenters. The van der Waals surface area contributed by atoms with Gasteiger partial charge in [-0.2, -0.15) is 11.8 Å².